The van der Waals surface area contributed by atoms with Gasteiger partial charge in [0.1, 0.15) is 0 Å². The maximum atomic E-state index is 12.2. The summed E-state index contributed by atoms with van der Waals surface area (Å²) in [4.78, 5) is 34.7. The number of aliphatic carboxylic acids is 1. The number of nitrogens with one attached hydrogen (secondary N) is 1. The highest BCUT2D eigenvalue weighted by atomic mass is 16.5. The van der Waals surface area contributed by atoms with Gasteiger partial charge in [-0.05, 0) is 37.1 Å². The number of carboxylic acids is 1. The highest BCUT2D eigenvalue weighted by molar-refractivity contribution is 5.96. The Morgan fingerprint density at radius 1 is 1.09 bits per heavy atom. The fraction of sp³-hybridized carbons (Fsp3) is 0.312. The zero-order valence-electron chi connectivity index (χ0n) is 12.1. The number of anilines is 1. The van der Waals surface area contributed by atoms with Crippen molar-refractivity contribution < 1.29 is 24.2 Å². The van der Waals surface area contributed by atoms with Crippen molar-refractivity contribution in [2.75, 3.05) is 12.4 Å². The van der Waals surface area contributed by atoms with Crippen molar-refractivity contribution in [3.63, 3.8) is 0 Å². The minimum Gasteiger partial charge on any atom is -0.550 e. The summed E-state index contributed by atoms with van der Waals surface area (Å²) in [5.74, 6) is -3.53. The van der Waals surface area contributed by atoms with E-state index < -0.39 is 23.8 Å². The number of benzene rings is 1. The zero-order chi connectivity index (χ0) is 16.1. The number of allylic oxidation sites excluding steroid dienone is 2. The van der Waals surface area contributed by atoms with Crippen LogP contribution >= 0.6 is 0 Å². The number of carbonyl (C=O) groups is 3. The fourth-order valence-corrected chi connectivity index (χ4v) is 2.41. The maximum absolute atomic E-state index is 12.2. The Balaban J connectivity index is 2.06. The van der Waals surface area contributed by atoms with E-state index in [0.717, 1.165) is 0 Å². The Morgan fingerprint density at radius 2 is 1.68 bits per heavy atom. The Morgan fingerprint density at radius 3 is 2.23 bits per heavy atom. The predicted molar refractivity (Wildman–Crippen MR) is 76.8 cm³/mol. The summed E-state index contributed by atoms with van der Waals surface area (Å²) >= 11 is 0. The van der Waals surface area contributed by atoms with Gasteiger partial charge in [0.25, 0.3) is 0 Å². The monoisotopic (exact) mass is 302 g/mol. The molecule has 6 nitrogen and oxygen atoms in total. The molecule has 1 aromatic rings. The molecule has 0 aliphatic heterocycles. The summed E-state index contributed by atoms with van der Waals surface area (Å²) in [6, 6.07) is 6.19. The van der Waals surface area contributed by atoms with Crippen LogP contribution in [0.1, 0.15) is 23.2 Å². The number of esters is 1. The van der Waals surface area contributed by atoms with E-state index in [9.17, 15) is 19.5 Å². The number of rotatable bonds is 4. The van der Waals surface area contributed by atoms with Crippen molar-refractivity contribution >= 4 is 23.5 Å². The highest BCUT2D eigenvalue weighted by Crippen LogP contribution is 2.26. The molecule has 1 aliphatic rings. The van der Waals surface area contributed by atoms with Gasteiger partial charge >= 0.3 is 5.97 Å². The quantitative estimate of drug-likeness (QED) is 0.654. The summed E-state index contributed by atoms with van der Waals surface area (Å²) in [5.41, 5.74) is 0.859. The lowest BCUT2D eigenvalue weighted by Gasteiger charge is -2.28. The lowest BCUT2D eigenvalue weighted by Crippen LogP contribution is -2.41. The van der Waals surface area contributed by atoms with E-state index in [1.165, 1.54) is 19.2 Å². The van der Waals surface area contributed by atoms with Gasteiger partial charge in [-0.25, -0.2) is 4.79 Å². The summed E-state index contributed by atoms with van der Waals surface area (Å²) in [5, 5.41) is 13.8. The lowest BCUT2D eigenvalue weighted by molar-refractivity contribution is -0.313. The normalized spacial score (nSPS) is 20.2. The van der Waals surface area contributed by atoms with Gasteiger partial charge in [-0.15, -0.1) is 0 Å². The number of ether oxygens (including phenoxy) is 1. The van der Waals surface area contributed by atoms with E-state index in [0.29, 0.717) is 24.1 Å². The van der Waals surface area contributed by atoms with Crippen molar-refractivity contribution in [1.29, 1.82) is 0 Å². The largest absolute Gasteiger partial charge is 0.550 e. The molecule has 2 atom stereocenters. The fourth-order valence-electron chi connectivity index (χ4n) is 2.41. The molecule has 0 bridgehead atoms. The van der Waals surface area contributed by atoms with Crippen molar-refractivity contribution in [2.45, 2.75) is 12.8 Å². The highest BCUT2D eigenvalue weighted by Gasteiger charge is 2.29. The molecule has 1 amide bonds. The molecule has 0 saturated carbocycles. The van der Waals surface area contributed by atoms with E-state index in [1.807, 2.05) is 0 Å². The molecule has 1 aliphatic carbocycles. The Hall–Kier alpha value is -2.63. The molecule has 22 heavy (non-hydrogen) atoms. The van der Waals surface area contributed by atoms with Gasteiger partial charge in [0.2, 0.25) is 5.91 Å². The van der Waals surface area contributed by atoms with Crippen LogP contribution in [0, 0.1) is 11.8 Å². The molecular formula is C16H16NO5-. The molecular weight excluding hydrogens is 286 g/mol. The summed E-state index contributed by atoms with van der Waals surface area (Å²) in [6.45, 7) is 0. The molecule has 0 spiro atoms. The first-order valence-electron chi connectivity index (χ1n) is 6.88. The minimum atomic E-state index is -1.22. The van der Waals surface area contributed by atoms with E-state index in [2.05, 4.69) is 10.1 Å². The average Bonchev–Trinajstić information content (AvgIpc) is 2.54. The molecule has 0 aromatic heterocycles. The van der Waals surface area contributed by atoms with Crippen LogP contribution in [0.15, 0.2) is 36.4 Å². The molecule has 0 saturated heterocycles. The predicted octanol–water partition coefficient (Wildman–Crippen LogP) is 0.744. The molecule has 2 rings (SSSR count). The topological polar surface area (TPSA) is 95.5 Å². The van der Waals surface area contributed by atoms with Gasteiger partial charge in [-0.1, -0.05) is 12.2 Å². The third-order valence-electron chi connectivity index (χ3n) is 3.65. The molecule has 0 radical (unpaired) electrons. The average molecular weight is 302 g/mol. The SMILES string of the molecule is COC(=O)c1ccc(NC(=O)C2CC=CCC2C(=O)[O-])cc1. The Labute approximate surface area is 127 Å². The third kappa shape index (κ3) is 3.52. The van der Waals surface area contributed by atoms with Crippen LogP contribution in [-0.2, 0) is 14.3 Å². The smallest absolute Gasteiger partial charge is 0.337 e. The second-order valence-electron chi connectivity index (χ2n) is 5.03. The summed E-state index contributed by atoms with van der Waals surface area (Å²) in [6.07, 6.45) is 4.20. The van der Waals surface area contributed by atoms with Crippen molar-refractivity contribution in [3.05, 3.63) is 42.0 Å². The first kappa shape index (κ1) is 15.8. The molecule has 116 valence electrons. The standard InChI is InChI=1S/C16H17NO5/c1-22-16(21)10-6-8-11(9-7-10)17-14(18)12-4-2-3-5-13(12)15(19)20/h2-3,6-9,12-13H,4-5H2,1H3,(H,17,18)(H,19,20)/p-1. The molecule has 1 N–H and O–H groups in total. The number of amides is 1. The van der Waals surface area contributed by atoms with E-state index in [4.69, 9.17) is 0 Å². The van der Waals surface area contributed by atoms with Crippen LogP contribution in [-0.4, -0.2) is 25.0 Å². The number of carboxylic acid groups (broad SMARTS) is 1. The molecule has 1 aromatic carbocycles. The Bertz CT molecular complexity index is 605. The number of methoxy groups -OCH3 is 1. The second-order valence-corrected chi connectivity index (χ2v) is 5.03. The van der Waals surface area contributed by atoms with Gasteiger partial charge in [-0.2, -0.15) is 0 Å². The molecule has 2 unspecified atom stereocenters. The van der Waals surface area contributed by atoms with Gasteiger partial charge < -0.3 is 20.0 Å². The number of hydrogen-bond acceptors (Lipinski definition) is 5. The Kier molecular flexibility index (Phi) is 4.93. The summed E-state index contributed by atoms with van der Waals surface area (Å²) < 4.78 is 4.59. The van der Waals surface area contributed by atoms with Crippen LogP contribution in [0.3, 0.4) is 0 Å². The van der Waals surface area contributed by atoms with Crippen LogP contribution in [0.2, 0.25) is 0 Å². The van der Waals surface area contributed by atoms with Crippen LogP contribution in [0.4, 0.5) is 5.69 Å². The van der Waals surface area contributed by atoms with Gasteiger partial charge in [0.15, 0.2) is 0 Å². The first-order valence-corrected chi connectivity index (χ1v) is 6.88. The van der Waals surface area contributed by atoms with Crippen molar-refractivity contribution in [1.82, 2.24) is 0 Å². The third-order valence-corrected chi connectivity index (χ3v) is 3.65. The van der Waals surface area contributed by atoms with E-state index in [-0.39, 0.29) is 5.91 Å². The van der Waals surface area contributed by atoms with Gasteiger partial charge in [0, 0.05) is 17.6 Å². The minimum absolute atomic E-state index is 0.293. The van der Waals surface area contributed by atoms with Crippen LogP contribution in [0.5, 0.6) is 0 Å². The first-order chi connectivity index (χ1) is 10.5. The van der Waals surface area contributed by atoms with Crippen LogP contribution < -0.4 is 10.4 Å². The molecule has 0 heterocycles. The van der Waals surface area contributed by atoms with Gasteiger partial charge in [-0.3, -0.25) is 4.79 Å². The summed E-state index contributed by atoms with van der Waals surface area (Å²) in [7, 11) is 1.29. The van der Waals surface area contributed by atoms with E-state index in [1.54, 1.807) is 24.3 Å². The maximum Gasteiger partial charge on any atom is 0.337 e. The lowest BCUT2D eigenvalue weighted by atomic mass is 9.82. The van der Waals surface area contributed by atoms with Crippen molar-refractivity contribution in [3.8, 4) is 0 Å². The molecule has 0 fully saturated rings. The number of hydrogen-bond donors (Lipinski definition) is 1. The van der Waals surface area contributed by atoms with Crippen molar-refractivity contribution in [2.24, 2.45) is 11.8 Å². The molecule has 6 heteroatoms. The van der Waals surface area contributed by atoms with Crippen LogP contribution in [0.25, 0.3) is 0 Å². The van der Waals surface area contributed by atoms with Gasteiger partial charge in [0.05, 0.1) is 18.6 Å². The second kappa shape index (κ2) is 6.89. The van der Waals surface area contributed by atoms with E-state index >= 15 is 0 Å². The zero-order valence-corrected chi connectivity index (χ0v) is 12.1. The number of carbonyl (C=O) groups excluding carboxylic acids is 3.